The molecule has 3 aliphatic rings. The Hall–Kier alpha value is -4.03. The summed E-state index contributed by atoms with van der Waals surface area (Å²) in [6.07, 6.45) is 3.00. The molecule has 3 fully saturated rings. The maximum atomic E-state index is 14.7. The molecule has 3 saturated heterocycles. The zero-order valence-electron chi connectivity index (χ0n) is 27.8. The van der Waals surface area contributed by atoms with Crippen molar-refractivity contribution < 1.29 is 38.5 Å². The van der Waals surface area contributed by atoms with Crippen molar-refractivity contribution in [1.29, 1.82) is 0 Å². The van der Waals surface area contributed by atoms with Crippen LogP contribution in [-0.2, 0) is 33.4 Å². The number of esters is 1. The first-order chi connectivity index (χ1) is 23.6. The summed E-state index contributed by atoms with van der Waals surface area (Å²) >= 11 is 6.54. The Labute approximate surface area is 291 Å². The summed E-state index contributed by atoms with van der Waals surface area (Å²) in [5, 5.41) is 13.5. The summed E-state index contributed by atoms with van der Waals surface area (Å²) in [5.41, 5.74) is -0.284. The number of hydrogen-bond acceptors (Lipinski definition) is 8. The van der Waals surface area contributed by atoms with E-state index in [-0.39, 0.29) is 25.5 Å². The third-order valence-electron chi connectivity index (χ3n) is 9.71. The van der Waals surface area contributed by atoms with E-state index in [1.165, 1.54) is 16.9 Å². The van der Waals surface area contributed by atoms with Gasteiger partial charge in [-0.15, -0.1) is 13.2 Å². The number of aliphatic hydroxyl groups excluding tert-OH is 1. The van der Waals surface area contributed by atoms with Crippen molar-refractivity contribution in [3.8, 4) is 0 Å². The van der Waals surface area contributed by atoms with Crippen LogP contribution in [0.15, 0.2) is 79.9 Å². The highest BCUT2D eigenvalue weighted by Crippen LogP contribution is 2.59. The monoisotopic (exact) mass is 693 g/mol. The first kappa shape index (κ1) is 36.3. The van der Waals surface area contributed by atoms with Crippen molar-refractivity contribution in [1.82, 2.24) is 10.2 Å². The Kier molecular flexibility index (Phi) is 11.6. The fourth-order valence-electron chi connectivity index (χ4n) is 7.58. The number of hydrogen-bond donors (Lipinski definition) is 2. The lowest BCUT2D eigenvalue weighted by Gasteiger charge is -2.38. The SMILES string of the molecule is C=CCCC(=O)N[C@H](COC)[C@H](OC(=O)[C@@H]1[C@H]2C(=O)N([C@H](C)CO)[C@H](C(=O)N(CC=C)c3ccccc3Cl)[C@]23CC[C@H]1O3)c1ccccc1. The molecule has 3 heterocycles. The molecule has 0 aliphatic carbocycles. The van der Waals surface area contributed by atoms with Gasteiger partial charge in [0.2, 0.25) is 11.8 Å². The van der Waals surface area contributed by atoms with Crippen molar-refractivity contribution in [2.45, 2.75) is 68.5 Å². The minimum atomic E-state index is -1.35. The fraction of sp³-hybridized carbons (Fsp3) is 0.459. The van der Waals surface area contributed by atoms with Crippen molar-refractivity contribution in [3.05, 3.63) is 90.5 Å². The molecule has 11 nitrogen and oxygen atoms in total. The zero-order valence-corrected chi connectivity index (χ0v) is 28.6. The van der Waals surface area contributed by atoms with Crippen LogP contribution < -0.4 is 10.2 Å². The lowest BCUT2D eigenvalue weighted by Crippen LogP contribution is -2.58. The van der Waals surface area contributed by atoms with E-state index in [2.05, 4.69) is 18.5 Å². The number of nitrogens with zero attached hydrogens (tertiary/aromatic N) is 2. The number of aliphatic hydroxyl groups is 1. The molecule has 2 N–H and O–H groups in total. The molecule has 0 saturated carbocycles. The van der Waals surface area contributed by atoms with E-state index < -0.39 is 72.2 Å². The van der Waals surface area contributed by atoms with E-state index >= 15 is 0 Å². The van der Waals surface area contributed by atoms with Crippen LogP contribution in [0.3, 0.4) is 0 Å². The number of methoxy groups -OCH3 is 1. The largest absolute Gasteiger partial charge is 0.455 e. The molecule has 3 aliphatic heterocycles. The number of halogens is 1. The molecule has 0 aromatic heterocycles. The van der Waals surface area contributed by atoms with Crippen LogP contribution in [0.2, 0.25) is 5.02 Å². The zero-order chi connectivity index (χ0) is 35.3. The molecule has 2 aromatic carbocycles. The Bertz CT molecular complexity index is 1560. The number of ether oxygens (including phenoxy) is 3. The van der Waals surface area contributed by atoms with E-state index in [1.807, 2.05) is 6.07 Å². The molecule has 0 radical (unpaired) electrons. The van der Waals surface area contributed by atoms with Crippen LogP contribution in [0, 0.1) is 11.8 Å². The van der Waals surface area contributed by atoms with Crippen LogP contribution in [0.25, 0.3) is 0 Å². The summed E-state index contributed by atoms with van der Waals surface area (Å²) < 4.78 is 18.3. The number of likely N-dealkylation sites (tertiary alicyclic amines) is 1. The molecule has 12 heteroatoms. The van der Waals surface area contributed by atoms with Crippen molar-refractivity contribution in [2.24, 2.45) is 11.8 Å². The number of amides is 3. The summed E-state index contributed by atoms with van der Waals surface area (Å²) in [6, 6.07) is 13.2. The lowest BCUT2D eigenvalue weighted by atomic mass is 9.70. The normalized spacial score (nSPS) is 25.6. The minimum absolute atomic E-state index is 0.0448. The quantitative estimate of drug-likeness (QED) is 0.199. The number of carbonyl (C=O) groups excluding carboxylic acids is 4. The molecular formula is C37H44ClN3O8. The molecule has 2 bridgehead atoms. The predicted octanol–water partition coefficient (Wildman–Crippen LogP) is 4.00. The number of nitrogens with one attached hydrogen (secondary N) is 1. The second-order valence-corrected chi connectivity index (χ2v) is 13.2. The van der Waals surface area contributed by atoms with Crippen molar-refractivity contribution >= 4 is 41.0 Å². The van der Waals surface area contributed by atoms with Gasteiger partial charge in [0, 0.05) is 20.1 Å². The van der Waals surface area contributed by atoms with Gasteiger partial charge in [-0.3, -0.25) is 19.2 Å². The molecular weight excluding hydrogens is 650 g/mol. The first-order valence-corrected chi connectivity index (χ1v) is 16.9. The lowest BCUT2D eigenvalue weighted by molar-refractivity contribution is -0.163. The number of anilines is 1. The van der Waals surface area contributed by atoms with Crippen LogP contribution in [0.5, 0.6) is 0 Å². The van der Waals surface area contributed by atoms with Gasteiger partial charge in [0.15, 0.2) is 0 Å². The van der Waals surface area contributed by atoms with Gasteiger partial charge in [-0.05, 0) is 43.9 Å². The summed E-state index contributed by atoms with van der Waals surface area (Å²) in [4.78, 5) is 59.1. The molecule has 49 heavy (non-hydrogen) atoms. The maximum Gasteiger partial charge on any atom is 0.313 e. The third kappa shape index (κ3) is 6.90. The van der Waals surface area contributed by atoms with Crippen LogP contribution in [0.1, 0.15) is 44.3 Å². The fourth-order valence-corrected chi connectivity index (χ4v) is 7.82. The van der Waals surface area contributed by atoms with Gasteiger partial charge in [-0.1, -0.05) is 66.2 Å². The van der Waals surface area contributed by atoms with E-state index in [1.54, 1.807) is 67.6 Å². The van der Waals surface area contributed by atoms with Gasteiger partial charge in [0.05, 0.1) is 53.9 Å². The van der Waals surface area contributed by atoms with Crippen LogP contribution in [-0.4, -0.2) is 90.4 Å². The van der Waals surface area contributed by atoms with E-state index in [0.717, 1.165) is 0 Å². The third-order valence-corrected chi connectivity index (χ3v) is 10.0. The Morgan fingerprint density at radius 1 is 1.16 bits per heavy atom. The van der Waals surface area contributed by atoms with Crippen molar-refractivity contribution in [2.75, 3.05) is 31.8 Å². The van der Waals surface area contributed by atoms with Gasteiger partial charge in [0.25, 0.3) is 5.91 Å². The molecule has 262 valence electrons. The van der Waals surface area contributed by atoms with E-state index in [9.17, 15) is 24.3 Å². The Morgan fingerprint density at radius 2 is 1.88 bits per heavy atom. The highest BCUT2D eigenvalue weighted by molar-refractivity contribution is 6.34. The molecule has 1 spiro atoms. The number of allylic oxidation sites excluding steroid dienone is 1. The number of fused-ring (bicyclic) bond motifs is 1. The Balaban J connectivity index is 1.51. The van der Waals surface area contributed by atoms with Crippen molar-refractivity contribution in [3.63, 3.8) is 0 Å². The smallest absolute Gasteiger partial charge is 0.313 e. The highest BCUT2D eigenvalue weighted by Gasteiger charge is 2.75. The Morgan fingerprint density at radius 3 is 2.53 bits per heavy atom. The first-order valence-electron chi connectivity index (χ1n) is 16.6. The number of para-hydroxylation sites is 1. The highest BCUT2D eigenvalue weighted by atomic mass is 35.5. The summed E-state index contributed by atoms with van der Waals surface area (Å²) in [6.45, 7) is 8.88. The topological polar surface area (TPSA) is 135 Å². The number of rotatable bonds is 16. The summed E-state index contributed by atoms with van der Waals surface area (Å²) in [7, 11) is 1.49. The van der Waals surface area contributed by atoms with Gasteiger partial charge >= 0.3 is 5.97 Å². The molecule has 8 atom stereocenters. The molecule has 3 amide bonds. The van der Waals surface area contributed by atoms with E-state index in [0.29, 0.717) is 35.5 Å². The van der Waals surface area contributed by atoms with Gasteiger partial charge in [-0.2, -0.15) is 0 Å². The molecule has 2 aromatic rings. The maximum absolute atomic E-state index is 14.7. The second-order valence-electron chi connectivity index (χ2n) is 12.7. The predicted molar refractivity (Wildman–Crippen MR) is 184 cm³/mol. The average Bonchev–Trinajstić information content (AvgIpc) is 3.76. The van der Waals surface area contributed by atoms with Crippen LogP contribution >= 0.6 is 11.6 Å². The average molecular weight is 694 g/mol. The second kappa shape index (κ2) is 15.7. The van der Waals surface area contributed by atoms with Gasteiger partial charge < -0.3 is 34.4 Å². The summed E-state index contributed by atoms with van der Waals surface area (Å²) in [5.74, 6) is -3.94. The van der Waals surface area contributed by atoms with Gasteiger partial charge in [-0.25, -0.2) is 0 Å². The number of carbonyl (C=O) groups is 4. The standard InChI is InChI=1S/C37H44ClN3O8/c1-5-7-17-29(43)39-26(22-47-4)32(24-13-9-8-10-14-24)48-36(46)30-28-18-19-37(49-28)31(30)34(44)41(23(3)21-42)33(37)35(45)40(20-6-2)27-16-12-11-15-25(27)38/h5-6,8-16,23,26,28,30-33,42H,1-2,7,17-22H2,3-4H3,(H,39,43)/t23-,26-,28-,30+,31+,32-,33-,37+/m1/s1. The van der Waals surface area contributed by atoms with Crippen LogP contribution in [0.4, 0.5) is 5.69 Å². The minimum Gasteiger partial charge on any atom is -0.455 e. The van der Waals surface area contributed by atoms with Gasteiger partial charge in [0.1, 0.15) is 17.7 Å². The number of benzene rings is 2. The molecule has 5 rings (SSSR count). The van der Waals surface area contributed by atoms with E-state index in [4.69, 9.17) is 25.8 Å². The molecule has 0 unspecified atom stereocenters.